The second kappa shape index (κ2) is 23.9. The number of halogens is 1. The average Bonchev–Trinajstić information content (AvgIpc) is 2.81. The maximum Gasteiger partial charge on any atom is 0.0107 e. The number of nitrogens with one attached hydrogen (secondary N) is 6. The first-order chi connectivity index (χ1) is 15.9. The molecule has 0 atom stereocenters. The summed E-state index contributed by atoms with van der Waals surface area (Å²) >= 11 is 0. The smallest absolute Gasteiger partial charge is 0.0107 e. The van der Waals surface area contributed by atoms with Crippen molar-refractivity contribution in [3.8, 4) is 0 Å². The zero-order chi connectivity index (χ0) is 22.4. The van der Waals surface area contributed by atoms with Crippen LogP contribution in [-0.2, 0) is 0 Å². The molecule has 2 heterocycles. The topological polar surface area (TPSA) is 78.7 Å². The molecule has 6 N–H and O–H groups in total. The molecular weight excluding hydrogens is 480 g/mol. The minimum absolute atomic E-state index is 0. The van der Waals surface area contributed by atoms with Crippen LogP contribution in [0.15, 0.2) is 0 Å². The van der Waals surface area contributed by atoms with Gasteiger partial charge in [-0.1, -0.05) is 0 Å². The van der Waals surface area contributed by atoms with Gasteiger partial charge in [-0.2, -0.15) is 0 Å². The Balaban J connectivity index is 0.00000544. The minimum atomic E-state index is 0. The third kappa shape index (κ3) is 19.1. The summed E-state index contributed by atoms with van der Waals surface area (Å²) in [5.74, 6) is 0. The monoisotopic (exact) mass is 534 g/mol. The molecule has 2 fully saturated rings. The van der Waals surface area contributed by atoms with Gasteiger partial charge in [0, 0.05) is 52.4 Å². The van der Waals surface area contributed by atoms with Crippen LogP contribution in [-0.4, -0.2) is 128 Å². The molecule has 0 spiro atoms. The van der Waals surface area contributed by atoms with Gasteiger partial charge in [0.05, 0.1) is 0 Å². The summed E-state index contributed by atoms with van der Waals surface area (Å²) in [6.45, 7) is 20.6. The van der Waals surface area contributed by atoms with E-state index in [9.17, 15) is 0 Å². The first kappa shape index (κ1) is 31.2. The zero-order valence-corrected chi connectivity index (χ0v) is 23.0. The van der Waals surface area contributed by atoms with Crippen LogP contribution in [0.25, 0.3) is 0 Å². The summed E-state index contributed by atoms with van der Waals surface area (Å²) in [7, 11) is 0. The quantitative estimate of drug-likeness (QED) is 0.277. The van der Waals surface area contributed by atoms with Crippen molar-refractivity contribution in [2.45, 2.75) is 38.5 Å². The molecule has 0 unspecified atom stereocenters. The fourth-order valence-electron chi connectivity index (χ4n) is 4.45. The molecule has 2 aliphatic rings. The molecule has 0 radical (unpaired) electrons. The van der Waals surface area contributed by atoms with E-state index >= 15 is 0 Å². The fraction of sp³-hybridized carbons (Fsp3) is 1.00. The molecule has 2 saturated heterocycles. The van der Waals surface area contributed by atoms with E-state index in [0.29, 0.717) is 0 Å². The molecule has 0 saturated carbocycles. The molecule has 2 rings (SSSR count). The number of unbranched alkanes of at least 4 members (excludes halogenated alkanes) is 1. The first-order valence-corrected chi connectivity index (χ1v) is 13.6. The molecule has 2 aliphatic heterocycles. The van der Waals surface area contributed by atoms with Crippen LogP contribution in [0.1, 0.15) is 38.5 Å². The Bertz CT molecular complexity index is 341. The highest BCUT2D eigenvalue weighted by Crippen LogP contribution is 2.01. The molecule has 0 aliphatic carbocycles. The van der Waals surface area contributed by atoms with Crippen LogP contribution in [0.3, 0.4) is 0 Å². The van der Waals surface area contributed by atoms with Crippen molar-refractivity contribution in [2.24, 2.45) is 0 Å². The van der Waals surface area contributed by atoms with Gasteiger partial charge < -0.3 is 41.7 Å². The molecule has 9 heteroatoms. The minimum Gasteiger partial charge on any atom is -0.315 e. The van der Waals surface area contributed by atoms with Crippen molar-refractivity contribution in [3.05, 3.63) is 0 Å². The first-order valence-electron chi connectivity index (χ1n) is 13.6. The number of nitrogens with zero attached hydrogens (tertiary/aromatic N) is 2. The van der Waals surface area contributed by atoms with Crippen LogP contribution < -0.4 is 31.9 Å². The predicted octanol–water partition coefficient (Wildman–Crippen LogP) is 0.0737. The van der Waals surface area contributed by atoms with Gasteiger partial charge in [0.1, 0.15) is 0 Å². The third-order valence-corrected chi connectivity index (χ3v) is 6.44. The van der Waals surface area contributed by atoms with Gasteiger partial charge in [0.15, 0.2) is 0 Å². The van der Waals surface area contributed by atoms with E-state index in [1.165, 1.54) is 77.8 Å². The Morgan fingerprint density at radius 3 is 1.09 bits per heavy atom. The summed E-state index contributed by atoms with van der Waals surface area (Å²) in [6, 6.07) is 0. The Morgan fingerprint density at radius 2 is 0.697 bits per heavy atom. The molecule has 33 heavy (non-hydrogen) atoms. The number of hydrogen-bond acceptors (Lipinski definition) is 8. The summed E-state index contributed by atoms with van der Waals surface area (Å²) in [6.07, 6.45) is 7.56. The van der Waals surface area contributed by atoms with Gasteiger partial charge in [-0.3, -0.25) is 0 Å². The van der Waals surface area contributed by atoms with Gasteiger partial charge in [0.2, 0.25) is 0 Å². The largest absolute Gasteiger partial charge is 0.315 e. The lowest BCUT2D eigenvalue weighted by atomic mass is 10.2. The molecule has 0 aromatic carbocycles. The molecule has 0 amide bonds. The van der Waals surface area contributed by atoms with Crippen LogP contribution in [0.2, 0.25) is 0 Å². The standard InChI is InChI=1S/C24H54N8.BrH/c1(19-31-21-5-11-27-15-13-25-7-3-9-29-17-23-31)2-20-32-22-6-12-28-16-14-26-8-4-10-30-18-24-32;/h25-30H,1-24H2;1H. The Labute approximate surface area is 214 Å². The van der Waals surface area contributed by atoms with Crippen molar-refractivity contribution in [1.29, 1.82) is 0 Å². The Morgan fingerprint density at radius 1 is 0.364 bits per heavy atom. The third-order valence-electron chi connectivity index (χ3n) is 6.44. The van der Waals surface area contributed by atoms with Crippen molar-refractivity contribution in [2.75, 3.05) is 118 Å². The van der Waals surface area contributed by atoms with Crippen molar-refractivity contribution in [1.82, 2.24) is 41.7 Å². The van der Waals surface area contributed by atoms with Crippen LogP contribution in [0, 0.1) is 0 Å². The lowest BCUT2D eigenvalue weighted by molar-refractivity contribution is 0.236. The van der Waals surface area contributed by atoms with Gasteiger partial charge >= 0.3 is 0 Å². The van der Waals surface area contributed by atoms with Crippen molar-refractivity contribution >= 4 is 17.0 Å². The molecule has 0 bridgehead atoms. The van der Waals surface area contributed by atoms with E-state index in [1.807, 2.05) is 0 Å². The maximum atomic E-state index is 3.63. The van der Waals surface area contributed by atoms with Crippen LogP contribution in [0.4, 0.5) is 0 Å². The summed E-state index contributed by atoms with van der Waals surface area (Å²) < 4.78 is 0. The summed E-state index contributed by atoms with van der Waals surface area (Å²) in [4.78, 5) is 5.36. The van der Waals surface area contributed by atoms with Gasteiger partial charge in [-0.25, -0.2) is 0 Å². The summed E-state index contributed by atoms with van der Waals surface area (Å²) in [5, 5.41) is 21.4. The Kier molecular flexibility index (Phi) is 22.6. The predicted molar refractivity (Wildman–Crippen MR) is 148 cm³/mol. The van der Waals surface area contributed by atoms with Gasteiger partial charge in [-0.15, -0.1) is 17.0 Å². The highest BCUT2D eigenvalue weighted by molar-refractivity contribution is 8.93. The highest BCUT2D eigenvalue weighted by atomic mass is 79.9. The molecule has 0 aromatic rings. The molecular formula is C24H55BrN8. The number of rotatable bonds is 5. The second-order valence-electron chi connectivity index (χ2n) is 9.30. The lowest BCUT2D eigenvalue weighted by Crippen LogP contribution is -2.38. The number of hydrogen-bond donors (Lipinski definition) is 6. The van der Waals surface area contributed by atoms with E-state index < -0.39 is 0 Å². The van der Waals surface area contributed by atoms with E-state index in [2.05, 4.69) is 41.7 Å². The fourth-order valence-corrected chi connectivity index (χ4v) is 4.45. The normalized spacial score (nSPS) is 23.6. The SMILES string of the molecule is Br.C1CNCCNCCCN(CCCCN2CCCNCCNCCCNCC2)CCNC1. The lowest BCUT2D eigenvalue weighted by Gasteiger charge is -2.25. The Hall–Kier alpha value is 0.160. The van der Waals surface area contributed by atoms with E-state index in [1.54, 1.807) is 0 Å². The van der Waals surface area contributed by atoms with E-state index in [4.69, 9.17) is 0 Å². The van der Waals surface area contributed by atoms with Gasteiger partial charge in [-0.05, 0) is 104 Å². The van der Waals surface area contributed by atoms with E-state index in [-0.39, 0.29) is 17.0 Å². The molecule has 198 valence electrons. The van der Waals surface area contributed by atoms with Crippen LogP contribution in [0.5, 0.6) is 0 Å². The van der Waals surface area contributed by atoms with Crippen LogP contribution >= 0.6 is 17.0 Å². The molecule has 8 nitrogen and oxygen atoms in total. The van der Waals surface area contributed by atoms with Crippen molar-refractivity contribution < 1.29 is 0 Å². The molecule has 0 aromatic heterocycles. The average molecular weight is 536 g/mol. The van der Waals surface area contributed by atoms with Crippen molar-refractivity contribution in [3.63, 3.8) is 0 Å². The summed E-state index contributed by atoms with van der Waals surface area (Å²) in [5.41, 5.74) is 0. The second-order valence-corrected chi connectivity index (χ2v) is 9.30. The van der Waals surface area contributed by atoms with Gasteiger partial charge in [0.25, 0.3) is 0 Å². The highest BCUT2D eigenvalue weighted by Gasteiger charge is 2.08. The zero-order valence-electron chi connectivity index (χ0n) is 21.3. The van der Waals surface area contributed by atoms with E-state index in [0.717, 1.165) is 78.5 Å². The maximum absolute atomic E-state index is 3.63.